The van der Waals surface area contributed by atoms with E-state index in [1.54, 1.807) is 0 Å². The molecule has 0 spiro atoms. The molecule has 0 amide bonds. The number of hydrogen-bond acceptors (Lipinski definition) is 1. The van der Waals surface area contributed by atoms with Gasteiger partial charge in [0, 0.05) is 0 Å². The van der Waals surface area contributed by atoms with E-state index in [0.29, 0.717) is 11.8 Å². The predicted molar refractivity (Wildman–Crippen MR) is 67.7 cm³/mol. The van der Waals surface area contributed by atoms with Gasteiger partial charge < -0.3 is 5.11 Å². The largest absolute Gasteiger partial charge is 0.381 e. The lowest BCUT2D eigenvalue weighted by atomic mass is 9.88. The van der Waals surface area contributed by atoms with Crippen molar-refractivity contribution in [2.24, 2.45) is 17.8 Å². The van der Waals surface area contributed by atoms with Gasteiger partial charge in [-0.2, -0.15) is 0 Å². The Kier molecular flexibility index (Phi) is 5.89. The van der Waals surface area contributed by atoms with E-state index >= 15 is 0 Å². The van der Waals surface area contributed by atoms with Crippen LogP contribution < -0.4 is 0 Å². The summed E-state index contributed by atoms with van der Waals surface area (Å²) in [4.78, 5) is 0. The topological polar surface area (TPSA) is 20.2 Å². The summed E-state index contributed by atoms with van der Waals surface area (Å²) < 4.78 is 0. The molecule has 0 aliphatic carbocycles. The quantitative estimate of drug-likeness (QED) is 0.684. The molecule has 0 heterocycles. The van der Waals surface area contributed by atoms with Gasteiger partial charge in [-0.3, -0.25) is 0 Å². The highest BCUT2D eigenvalue weighted by molar-refractivity contribution is 5.16. The molecule has 1 nitrogen and oxygen atoms in total. The Morgan fingerprint density at radius 2 is 1.13 bits per heavy atom. The molecule has 1 N–H and O–H groups in total. The fourth-order valence-electron chi connectivity index (χ4n) is 1.13. The van der Waals surface area contributed by atoms with Crippen LogP contribution in [0.5, 0.6) is 0 Å². The first-order valence-electron chi connectivity index (χ1n) is 5.89. The third kappa shape index (κ3) is 5.78. The van der Waals surface area contributed by atoms with Gasteiger partial charge in [-0.25, -0.2) is 0 Å². The Morgan fingerprint density at radius 1 is 0.800 bits per heavy atom. The van der Waals surface area contributed by atoms with E-state index in [2.05, 4.69) is 39.8 Å². The van der Waals surface area contributed by atoms with Crippen LogP contribution >= 0.6 is 0 Å². The van der Waals surface area contributed by atoms with Crippen molar-refractivity contribution in [1.82, 2.24) is 0 Å². The average Bonchev–Trinajstić information content (AvgIpc) is 2.11. The number of aliphatic hydroxyl groups is 1. The molecule has 0 aromatic carbocycles. The van der Waals surface area contributed by atoms with Crippen LogP contribution in [0.25, 0.3) is 0 Å². The summed E-state index contributed by atoms with van der Waals surface area (Å²) in [6.07, 6.45) is 7.96. The summed E-state index contributed by atoms with van der Waals surface area (Å²) in [7, 11) is 0. The molecule has 0 fully saturated rings. The minimum absolute atomic E-state index is 0.197. The van der Waals surface area contributed by atoms with Gasteiger partial charge in [0.25, 0.3) is 0 Å². The van der Waals surface area contributed by atoms with E-state index in [0.717, 1.165) is 0 Å². The molecule has 15 heavy (non-hydrogen) atoms. The molecule has 0 aliphatic heterocycles. The Balaban J connectivity index is 4.75. The maximum Gasteiger partial charge on any atom is 0.103 e. The average molecular weight is 210 g/mol. The molecule has 1 heteroatoms. The molecule has 0 saturated heterocycles. The molecular formula is C14H26O. The van der Waals surface area contributed by atoms with Crippen LogP contribution in [0.4, 0.5) is 0 Å². The predicted octanol–water partition coefficient (Wildman–Crippen LogP) is 3.80. The highest BCUT2D eigenvalue weighted by atomic mass is 16.3. The number of hydrogen-bond donors (Lipinski definition) is 1. The number of rotatable bonds is 5. The van der Waals surface area contributed by atoms with Crippen molar-refractivity contribution in [3.8, 4) is 0 Å². The van der Waals surface area contributed by atoms with Gasteiger partial charge in [0.1, 0.15) is 5.60 Å². The van der Waals surface area contributed by atoms with Crippen molar-refractivity contribution in [1.29, 1.82) is 0 Å². The van der Waals surface area contributed by atoms with Gasteiger partial charge in [-0.1, -0.05) is 65.8 Å². The SMILES string of the molecule is CC(C)C=CC(O)(C=CC(C)C)C(C)C. The van der Waals surface area contributed by atoms with Crippen LogP contribution in [0, 0.1) is 17.8 Å². The van der Waals surface area contributed by atoms with Crippen molar-refractivity contribution >= 4 is 0 Å². The second kappa shape index (κ2) is 6.12. The van der Waals surface area contributed by atoms with E-state index in [-0.39, 0.29) is 5.92 Å². The summed E-state index contributed by atoms with van der Waals surface area (Å²) in [5, 5.41) is 10.4. The van der Waals surface area contributed by atoms with Crippen molar-refractivity contribution in [3.63, 3.8) is 0 Å². The van der Waals surface area contributed by atoms with Crippen LogP contribution in [-0.2, 0) is 0 Å². The molecule has 88 valence electrons. The summed E-state index contributed by atoms with van der Waals surface area (Å²) in [5.74, 6) is 1.15. The van der Waals surface area contributed by atoms with Crippen molar-refractivity contribution in [2.75, 3.05) is 0 Å². The van der Waals surface area contributed by atoms with E-state index in [1.807, 2.05) is 26.0 Å². The molecule has 0 aromatic heterocycles. The molecule has 0 unspecified atom stereocenters. The number of allylic oxidation sites excluding steroid dienone is 2. The van der Waals surface area contributed by atoms with Gasteiger partial charge in [0.2, 0.25) is 0 Å². The van der Waals surface area contributed by atoms with Gasteiger partial charge in [-0.15, -0.1) is 0 Å². The standard InChI is InChI=1S/C14H26O/c1-11(2)7-9-14(15,13(5)6)10-8-12(3)4/h7-13,15H,1-6H3. The van der Waals surface area contributed by atoms with Crippen molar-refractivity contribution in [3.05, 3.63) is 24.3 Å². The Morgan fingerprint density at radius 3 is 1.33 bits per heavy atom. The zero-order chi connectivity index (χ0) is 12.1. The van der Waals surface area contributed by atoms with E-state index in [1.165, 1.54) is 0 Å². The third-order valence-electron chi connectivity index (χ3n) is 2.42. The lowest BCUT2D eigenvalue weighted by molar-refractivity contribution is 0.0912. The first-order valence-corrected chi connectivity index (χ1v) is 5.89. The Hall–Kier alpha value is -0.560. The van der Waals surface area contributed by atoms with E-state index < -0.39 is 5.60 Å². The maximum absolute atomic E-state index is 10.4. The molecule has 0 atom stereocenters. The summed E-state index contributed by atoms with van der Waals surface area (Å²) in [6.45, 7) is 12.5. The Labute approximate surface area is 94.9 Å². The normalized spacial score (nSPS) is 17.5. The lowest BCUT2D eigenvalue weighted by Crippen LogP contribution is -2.30. The van der Waals surface area contributed by atoms with Crippen LogP contribution in [0.2, 0.25) is 0 Å². The van der Waals surface area contributed by atoms with Crippen LogP contribution in [0.1, 0.15) is 41.5 Å². The van der Waals surface area contributed by atoms with Gasteiger partial charge in [-0.05, 0) is 17.8 Å². The third-order valence-corrected chi connectivity index (χ3v) is 2.42. The fourth-order valence-corrected chi connectivity index (χ4v) is 1.13. The smallest absolute Gasteiger partial charge is 0.103 e. The minimum atomic E-state index is -0.797. The maximum atomic E-state index is 10.4. The highest BCUT2D eigenvalue weighted by Gasteiger charge is 2.24. The molecule has 0 rings (SSSR count). The fraction of sp³-hybridized carbons (Fsp3) is 0.714. The van der Waals surface area contributed by atoms with Crippen molar-refractivity contribution < 1.29 is 5.11 Å². The molecule has 0 radical (unpaired) electrons. The van der Waals surface area contributed by atoms with Gasteiger partial charge in [0.15, 0.2) is 0 Å². The van der Waals surface area contributed by atoms with Crippen LogP contribution in [0.15, 0.2) is 24.3 Å². The molecular weight excluding hydrogens is 184 g/mol. The van der Waals surface area contributed by atoms with E-state index in [4.69, 9.17) is 0 Å². The zero-order valence-corrected chi connectivity index (χ0v) is 11.0. The second-order valence-corrected chi connectivity index (χ2v) is 5.25. The summed E-state index contributed by atoms with van der Waals surface area (Å²) in [6, 6.07) is 0. The molecule has 0 aliphatic rings. The Bertz CT molecular complexity index is 203. The lowest BCUT2D eigenvalue weighted by Gasteiger charge is -2.26. The first kappa shape index (κ1) is 14.4. The second-order valence-electron chi connectivity index (χ2n) is 5.25. The summed E-state index contributed by atoms with van der Waals surface area (Å²) in [5.41, 5.74) is -0.797. The molecule has 0 bridgehead atoms. The van der Waals surface area contributed by atoms with E-state index in [9.17, 15) is 5.11 Å². The van der Waals surface area contributed by atoms with Gasteiger partial charge in [0.05, 0.1) is 0 Å². The minimum Gasteiger partial charge on any atom is -0.381 e. The zero-order valence-electron chi connectivity index (χ0n) is 11.0. The van der Waals surface area contributed by atoms with Crippen molar-refractivity contribution in [2.45, 2.75) is 47.1 Å². The molecule has 0 aromatic rings. The van der Waals surface area contributed by atoms with Gasteiger partial charge >= 0.3 is 0 Å². The molecule has 0 saturated carbocycles. The van der Waals surface area contributed by atoms with Crippen LogP contribution in [0.3, 0.4) is 0 Å². The monoisotopic (exact) mass is 210 g/mol. The summed E-state index contributed by atoms with van der Waals surface area (Å²) >= 11 is 0. The highest BCUT2D eigenvalue weighted by Crippen LogP contribution is 2.22. The van der Waals surface area contributed by atoms with Crippen LogP contribution in [-0.4, -0.2) is 10.7 Å². The first-order chi connectivity index (χ1) is 6.78.